The molecule has 2 N–H and O–H groups in total. The summed E-state index contributed by atoms with van der Waals surface area (Å²) in [5.74, 6) is 1.82. The monoisotopic (exact) mass is 287 g/mol. The second-order valence-corrected chi connectivity index (χ2v) is 5.62. The molecule has 84 valence electrons. The average Bonchev–Trinajstić information content (AvgIpc) is 2.24. The van der Waals surface area contributed by atoms with E-state index >= 15 is 0 Å². The minimum Gasteiger partial charge on any atom is -0.330 e. The Morgan fingerprint density at radius 2 is 2.27 bits per heavy atom. The minimum absolute atomic E-state index is 0.617. The van der Waals surface area contributed by atoms with Crippen molar-refractivity contribution in [2.24, 2.45) is 11.7 Å². The number of thioether (sulfide) groups is 1. The Labute approximate surface area is 105 Å². The summed E-state index contributed by atoms with van der Waals surface area (Å²) in [6, 6.07) is 8.50. The molecule has 0 bridgehead atoms. The van der Waals surface area contributed by atoms with E-state index < -0.39 is 0 Å². The quantitative estimate of drug-likeness (QED) is 0.869. The zero-order valence-corrected chi connectivity index (χ0v) is 11.5. The Morgan fingerprint density at radius 1 is 1.47 bits per heavy atom. The van der Waals surface area contributed by atoms with Gasteiger partial charge in [0.15, 0.2) is 0 Å². The van der Waals surface area contributed by atoms with E-state index in [2.05, 4.69) is 46.5 Å². The molecule has 1 aromatic rings. The van der Waals surface area contributed by atoms with Crippen molar-refractivity contribution in [3.8, 4) is 0 Å². The highest BCUT2D eigenvalue weighted by Crippen LogP contribution is 2.17. The van der Waals surface area contributed by atoms with Crippen LogP contribution in [-0.4, -0.2) is 18.6 Å². The van der Waals surface area contributed by atoms with Gasteiger partial charge in [0, 0.05) is 4.47 Å². The molecule has 1 rings (SSSR count). The molecule has 1 nitrogen and oxygen atoms in total. The third kappa shape index (κ3) is 5.05. The Balaban J connectivity index is 2.50. The van der Waals surface area contributed by atoms with Crippen molar-refractivity contribution < 1.29 is 0 Å². The van der Waals surface area contributed by atoms with Gasteiger partial charge in [-0.3, -0.25) is 0 Å². The zero-order valence-electron chi connectivity index (χ0n) is 9.08. The molecular formula is C12H18BrNS. The fraction of sp³-hybridized carbons (Fsp3) is 0.500. The van der Waals surface area contributed by atoms with Gasteiger partial charge >= 0.3 is 0 Å². The van der Waals surface area contributed by atoms with Crippen LogP contribution in [0, 0.1) is 5.92 Å². The van der Waals surface area contributed by atoms with Crippen LogP contribution in [0.1, 0.15) is 12.0 Å². The Morgan fingerprint density at radius 3 is 2.87 bits per heavy atom. The number of rotatable bonds is 6. The van der Waals surface area contributed by atoms with E-state index in [1.54, 1.807) is 0 Å². The van der Waals surface area contributed by atoms with E-state index in [0.717, 1.165) is 17.4 Å². The summed E-state index contributed by atoms with van der Waals surface area (Å²) < 4.78 is 1.15. The summed E-state index contributed by atoms with van der Waals surface area (Å²) in [5, 5.41) is 0. The summed E-state index contributed by atoms with van der Waals surface area (Å²) >= 11 is 5.39. The molecule has 1 unspecified atom stereocenters. The number of nitrogens with two attached hydrogens (primary N) is 1. The molecule has 0 aliphatic rings. The number of hydrogen-bond donors (Lipinski definition) is 1. The van der Waals surface area contributed by atoms with Crippen LogP contribution in [0.5, 0.6) is 0 Å². The molecule has 0 fully saturated rings. The summed E-state index contributed by atoms with van der Waals surface area (Å²) in [7, 11) is 0. The smallest absolute Gasteiger partial charge is 0.0177 e. The van der Waals surface area contributed by atoms with Gasteiger partial charge in [-0.2, -0.15) is 11.8 Å². The van der Waals surface area contributed by atoms with Crippen LogP contribution < -0.4 is 5.73 Å². The Kier molecular flexibility index (Phi) is 6.37. The van der Waals surface area contributed by atoms with E-state index in [4.69, 9.17) is 5.73 Å². The molecule has 0 radical (unpaired) electrons. The fourth-order valence-electron chi connectivity index (χ4n) is 1.59. The van der Waals surface area contributed by atoms with Crippen molar-refractivity contribution in [1.29, 1.82) is 0 Å². The van der Waals surface area contributed by atoms with Gasteiger partial charge < -0.3 is 5.73 Å². The van der Waals surface area contributed by atoms with Crippen molar-refractivity contribution in [2.45, 2.75) is 12.8 Å². The van der Waals surface area contributed by atoms with Crippen LogP contribution in [0.25, 0.3) is 0 Å². The third-order valence-corrected chi connectivity index (χ3v) is 3.61. The lowest BCUT2D eigenvalue weighted by molar-refractivity contribution is 0.523. The van der Waals surface area contributed by atoms with Gasteiger partial charge in [0.25, 0.3) is 0 Å². The van der Waals surface area contributed by atoms with Gasteiger partial charge in [-0.05, 0) is 55.0 Å². The van der Waals surface area contributed by atoms with E-state index in [9.17, 15) is 0 Å². The molecule has 15 heavy (non-hydrogen) atoms. The third-order valence-electron chi connectivity index (χ3n) is 2.48. The molecule has 1 atom stereocenters. The fourth-order valence-corrected chi connectivity index (χ4v) is 2.60. The second kappa shape index (κ2) is 7.31. The molecule has 0 aromatic heterocycles. The summed E-state index contributed by atoms with van der Waals surface area (Å²) in [6.45, 7) is 0.785. The SMILES string of the molecule is CSCCC(CN)Cc1cccc(Br)c1. The molecule has 0 aliphatic carbocycles. The van der Waals surface area contributed by atoms with Gasteiger partial charge in [0.1, 0.15) is 0 Å². The van der Waals surface area contributed by atoms with E-state index in [-0.39, 0.29) is 0 Å². The summed E-state index contributed by atoms with van der Waals surface area (Å²) in [5.41, 5.74) is 7.15. The molecular weight excluding hydrogens is 270 g/mol. The van der Waals surface area contributed by atoms with Crippen molar-refractivity contribution in [1.82, 2.24) is 0 Å². The first kappa shape index (κ1) is 13.1. The van der Waals surface area contributed by atoms with Crippen LogP contribution in [0.15, 0.2) is 28.7 Å². The number of benzene rings is 1. The second-order valence-electron chi connectivity index (χ2n) is 3.72. The van der Waals surface area contributed by atoms with Crippen molar-refractivity contribution in [3.05, 3.63) is 34.3 Å². The standard InChI is InChI=1S/C12H18BrNS/c1-15-6-5-11(9-14)7-10-3-2-4-12(13)8-10/h2-4,8,11H,5-7,9,14H2,1H3. The first-order chi connectivity index (χ1) is 7.26. The summed E-state index contributed by atoms with van der Waals surface area (Å²) in [4.78, 5) is 0. The summed E-state index contributed by atoms with van der Waals surface area (Å²) in [6.07, 6.45) is 4.45. The largest absolute Gasteiger partial charge is 0.330 e. The van der Waals surface area contributed by atoms with Gasteiger partial charge in [-0.15, -0.1) is 0 Å². The molecule has 0 saturated carbocycles. The Hall–Kier alpha value is 0.01000. The maximum absolute atomic E-state index is 5.78. The average molecular weight is 288 g/mol. The van der Waals surface area contributed by atoms with E-state index in [1.165, 1.54) is 17.7 Å². The highest BCUT2D eigenvalue weighted by atomic mass is 79.9. The lowest BCUT2D eigenvalue weighted by Crippen LogP contribution is -2.17. The Bertz CT molecular complexity index is 291. The predicted octanol–water partition coefficient (Wildman–Crippen LogP) is 3.32. The van der Waals surface area contributed by atoms with Crippen LogP contribution in [0.3, 0.4) is 0 Å². The van der Waals surface area contributed by atoms with E-state index in [0.29, 0.717) is 5.92 Å². The number of hydrogen-bond acceptors (Lipinski definition) is 2. The molecule has 0 heterocycles. The van der Waals surface area contributed by atoms with Crippen LogP contribution in [-0.2, 0) is 6.42 Å². The van der Waals surface area contributed by atoms with Crippen molar-refractivity contribution in [3.63, 3.8) is 0 Å². The van der Waals surface area contributed by atoms with Gasteiger partial charge in [-0.25, -0.2) is 0 Å². The molecule has 1 aromatic carbocycles. The minimum atomic E-state index is 0.617. The van der Waals surface area contributed by atoms with Crippen molar-refractivity contribution >= 4 is 27.7 Å². The van der Waals surface area contributed by atoms with Crippen LogP contribution >= 0.6 is 27.7 Å². The molecule has 0 saturated heterocycles. The maximum Gasteiger partial charge on any atom is 0.0177 e. The molecule has 0 spiro atoms. The molecule has 0 amide bonds. The van der Waals surface area contributed by atoms with Crippen molar-refractivity contribution in [2.75, 3.05) is 18.6 Å². The number of halogens is 1. The maximum atomic E-state index is 5.78. The predicted molar refractivity (Wildman–Crippen MR) is 73.4 cm³/mol. The zero-order chi connectivity index (χ0) is 11.1. The molecule has 0 aliphatic heterocycles. The highest BCUT2D eigenvalue weighted by Gasteiger charge is 2.07. The lowest BCUT2D eigenvalue weighted by atomic mass is 9.97. The van der Waals surface area contributed by atoms with Gasteiger partial charge in [0.2, 0.25) is 0 Å². The van der Waals surface area contributed by atoms with Gasteiger partial charge in [-0.1, -0.05) is 28.1 Å². The lowest BCUT2D eigenvalue weighted by Gasteiger charge is -2.14. The van der Waals surface area contributed by atoms with E-state index in [1.807, 2.05) is 11.8 Å². The highest BCUT2D eigenvalue weighted by molar-refractivity contribution is 9.10. The topological polar surface area (TPSA) is 26.0 Å². The normalized spacial score (nSPS) is 12.7. The van der Waals surface area contributed by atoms with Crippen LogP contribution in [0.4, 0.5) is 0 Å². The van der Waals surface area contributed by atoms with Gasteiger partial charge in [0.05, 0.1) is 0 Å². The van der Waals surface area contributed by atoms with Crippen LogP contribution in [0.2, 0.25) is 0 Å². The first-order valence-electron chi connectivity index (χ1n) is 5.19. The first-order valence-corrected chi connectivity index (χ1v) is 7.38. The molecule has 3 heteroatoms.